The van der Waals surface area contributed by atoms with Gasteiger partial charge in [0.2, 0.25) is 10.0 Å². The minimum atomic E-state index is -3.82. The average molecular weight is 287 g/mol. The van der Waals surface area contributed by atoms with Crippen LogP contribution in [0.2, 0.25) is 0 Å². The number of primary sulfonamides is 1. The van der Waals surface area contributed by atoms with Crippen LogP contribution in [0.3, 0.4) is 0 Å². The Hall–Kier alpha value is -1.48. The van der Waals surface area contributed by atoms with Gasteiger partial charge in [-0.05, 0) is 24.6 Å². The van der Waals surface area contributed by atoms with Crippen LogP contribution < -0.4 is 16.2 Å². The molecule has 0 radical (unpaired) electrons. The van der Waals surface area contributed by atoms with Crippen LogP contribution in [0.4, 0.5) is 5.69 Å². The zero-order valence-electron chi connectivity index (χ0n) is 10.7. The molecule has 1 unspecified atom stereocenters. The fraction of sp³-hybridized carbons (Fsp3) is 0.364. The Morgan fingerprint density at radius 2 is 2.11 bits per heavy atom. The molecule has 5 N–H and O–H groups in total. The normalized spacial score (nSPS) is 13.1. The van der Waals surface area contributed by atoms with Crippen molar-refractivity contribution in [3.8, 4) is 0 Å². The molecule has 0 saturated heterocycles. The first kappa shape index (κ1) is 15.6. The zero-order chi connectivity index (χ0) is 14.6. The summed E-state index contributed by atoms with van der Waals surface area (Å²) in [5, 5.41) is 7.59. The maximum atomic E-state index is 11.8. The smallest absolute Gasteiger partial charge is 0.254 e. The van der Waals surface area contributed by atoms with E-state index < -0.39 is 22.0 Å². The number of rotatable bonds is 5. The topological polar surface area (TPSA) is 125 Å². The summed E-state index contributed by atoms with van der Waals surface area (Å²) in [5.41, 5.74) is 6.43. The molecule has 1 aromatic carbocycles. The van der Waals surface area contributed by atoms with Gasteiger partial charge in [0.05, 0.1) is 4.90 Å². The van der Waals surface area contributed by atoms with Crippen molar-refractivity contribution in [3.63, 3.8) is 0 Å². The third kappa shape index (κ3) is 4.00. The van der Waals surface area contributed by atoms with Gasteiger partial charge in [-0.2, -0.15) is 0 Å². The summed E-state index contributed by atoms with van der Waals surface area (Å²) in [5.74, 6) is -0.445. The van der Waals surface area contributed by atoms with Crippen LogP contribution >= 0.6 is 0 Å². The van der Waals surface area contributed by atoms with Gasteiger partial charge in [0.1, 0.15) is 6.10 Å². The third-order valence-corrected chi connectivity index (χ3v) is 3.50. The first-order chi connectivity index (χ1) is 8.79. The Labute approximate surface area is 112 Å². The molecule has 0 aliphatic carbocycles. The summed E-state index contributed by atoms with van der Waals surface area (Å²) >= 11 is 0. The number of carbonyl (C=O) groups is 1. The average Bonchev–Trinajstić information content (AvgIpc) is 2.32. The summed E-state index contributed by atoms with van der Waals surface area (Å²) in [4.78, 5) is 11.7. The maximum Gasteiger partial charge on any atom is 0.254 e. The van der Waals surface area contributed by atoms with Gasteiger partial charge in [-0.25, -0.2) is 13.6 Å². The molecule has 1 rings (SSSR count). The van der Waals surface area contributed by atoms with E-state index >= 15 is 0 Å². The van der Waals surface area contributed by atoms with E-state index in [-0.39, 0.29) is 11.4 Å². The third-order valence-electron chi connectivity index (χ3n) is 2.59. The van der Waals surface area contributed by atoms with E-state index in [1.54, 1.807) is 13.0 Å². The molecule has 1 aromatic rings. The summed E-state index contributed by atoms with van der Waals surface area (Å²) < 4.78 is 27.4. The number of amides is 1. The molecule has 19 heavy (non-hydrogen) atoms. The number of benzene rings is 1. The number of sulfonamides is 1. The van der Waals surface area contributed by atoms with Gasteiger partial charge in [0, 0.05) is 19.3 Å². The predicted molar refractivity (Wildman–Crippen MR) is 71.0 cm³/mol. The molecular weight excluding hydrogens is 270 g/mol. The summed E-state index contributed by atoms with van der Waals surface area (Å²) in [6.07, 6.45) is -0.794. The lowest BCUT2D eigenvalue weighted by Crippen LogP contribution is -2.36. The molecule has 0 heterocycles. The Morgan fingerprint density at radius 3 is 2.58 bits per heavy atom. The van der Waals surface area contributed by atoms with Crippen molar-refractivity contribution in [1.29, 1.82) is 0 Å². The van der Waals surface area contributed by atoms with Gasteiger partial charge in [-0.3, -0.25) is 4.79 Å². The number of aryl methyl sites for hydroxylation is 1. The fourth-order valence-electron chi connectivity index (χ4n) is 1.44. The monoisotopic (exact) mass is 287 g/mol. The SMILES string of the molecule is COC(CN)C(=O)Nc1cc(S(N)(=O)=O)ccc1C. The quantitative estimate of drug-likeness (QED) is 0.676. The molecule has 7 nitrogen and oxygen atoms in total. The molecule has 1 amide bonds. The highest BCUT2D eigenvalue weighted by molar-refractivity contribution is 7.89. The molecule has 0 aliphatic rings. The number of nitrogens with two attached hydrogens (primary N) is 2. The molecule has 0 spiro atoms. The lowest BCUT2D eigenvalue weighted by molar-refractivity contribution is -0.125. The highest BCUT2D eigenvalue weighted by Crippen LogP contribution is 2.19. The molecule has 0 aliphatic heterocycles. The predicted octanol–water partition coefficient (Wildman–Crippen LogP) is -0.445. The molecule has 0 saturated carbocycles. The van der Waals surface area contributed by atoms with Gasteiger partial charge < -0.3 is 15.8 Å². The van der Waals surface area contributed by atoms with E-state index in [0.717, 1.165) is 0 Å². The Balaban J connectivity index is 3.04. The van der Waals surface area contributed by atoms with E-state index in [9.17, 15) is 13.2 Å². The summed E-state index contributed by atoms with van der Waals surface area (Å²) in [7, 11) is -2.45. The van der Waals surface area contributed by atoms with Crippen molar-refractivity contribution < 1.29 is 17.9 Å². The van der Waals surface area contributed by atoms with Crippen molar-refractivity contribution >= 4 is 21.6 Å². The van der Waals surface area contributed by atoms with Crippen molar-refractivity contribution in [1.82, 2.24) is 0 Å². The van der Waals surface area contributed by atoms with Crippen molar-refractivity contribution in [2.75, 3.05) is 19.0 Å². The molecule has 106 valence electrons. The van der Waals surface area contributed by atoms with Crippen LogP contribution in [0.1, 0.15) is 5.56 Å². The number of ether oxygens (including phenoxy) is 1. The standard InChI is InChI=1S/C11H17N3O4S/c1-7-3-4-8(19(13,16)17)5-9(7)14-11(15)10(6-12)18-2/h3-5,10H,6,12H2,1-2H3,(H,14,15)(H2,13,16,17). The maximum absolute atomic E-state index is 11.8. The zero-order valence-corrected chi connectivity index (χ0v) is 11.5. The molecule has 8 heteroatoms. The second kappa shape index (κ2) is 6.11. The first-order valence-electron chi connectivity index (χ1n) is 5.46. The molecule has 0 aromatic heterocycles. The van der Waals surface area contributed by atoms with E-state index in [2.05, 4.69) is 5.32 Å². The van der Waals surface area contributed by atoms with Crippen molar-refractivity contribution in [2.24, 2.45) is 10.9 Å². The van der Waals surface area contributed by atoms with Crippen molar-refractivity contribution in [3.05, 3.63) is 23.8 Å². The van der Waals surface area contributed by atoms with Gasteiger partial charge in [0.25, 0.3) is 5.91 Å². The number of nitrogens with one attached hydrogen (secondary N) is 1. The van der Waals surface area contributed by atoms with Crippen LogP contribution in [0.5, 0.6) is 0 Å². The first-order valence-corrected chi connectivity index (χ1v) is 7.01. The van der Waals surface area contributed by atoms with Crippen LogP contribution in [0.15, 0.2) is 23.1 Å². The number of hydrogen-bond donors (Lipinski definition) is 3. The van der Waals surface area contributed by atoms with E-state index in [4.69, 9.17) is 15.6 Å². The Bertz CT molecular complexity index is 567. The Kier molecular flexibility index (Phi) is 5.01. The lowest BCUT2D eigenvalue weighted by atomic mass is 10.2. The van der Waals surface area contributed by atoms with Crippen LogP contribution in [0.25, 0.3) is 0 Å². The van der Waals surface area contributed by atoms with Gasteiger partial charge in [0.15, 0.2) is 0 Å². The Morgan fingerprint density at radius 1 is 1.47 bits per heavy atom. The van der Waals surface area contributed by atoms with Gasteiger partial charge in [-0.15, -0.1) is 0 Å². The van der Waals surface area contributed by atoms with E-state index in [0.29, 0.717) is 11.3 Å². The molecule has 0 bridgehead atoms. The number of anilines is 1. The summed E-state index contributed by atoms with van der Waals surface area (Å²) in [6, 6.07) is 4.22. The number of carbonyl (C=O) groups excluding carboxylic acids is 1. The minimum Gasteiger partial charge on any atom is -0.370 e. The van der Waals surface area contributed by atoms with E-state index in [1.807, 2.05) is 0 Å². The van der Waals surface area contributed by atoms with Crippen LogP contribution in [-0.4, -0.2) is 34.1 Å². The van der Waals surface area contributed by atoms with Gasteiger partial charge in [-0.1, -0.05) is 6.07 Å². The fourth-order valence-corrected chi connectivity index (χ4v) is 1.98. The molecule has 1 atom stereocenters. The highest BCUT2D eigenvalue weighted by atomic mass is 32.2. The lowest BCUT2D eigenvalue weighted by Gasteiger charge is -2.15. The highest BCUT2D eigenvalue weighted by Gasteiger charge is 2.17. The molecular formula is C11H17N3O4S. The van der Waals surface area contributed by atoms with Crippen LogP contribution in [0, 0.1) is 6.92 Å². The minimum absolute atomic E-state index is 0.0241. The van der Waals surface area contributed by atoms with Crippen molar-refractivity contribution in [2.45, 2.75) is 17.9 Å². The summed E-state index contributed by atoms with van der Waals surface area (Å²) in [6.45, 7) is 1.75. The second-order valence-electron chi connectivity index (χ2n) is 3.97. The molecule has 0 fully saturated rings. The number of methoxy groups -OCH3 is 1. The van der Waals surface area contributed by atoms with Gasteiger partial charge >= 0.3 is 0 Å². The second-order valence-corrected chi connectivity index (χ2v) is 5.53. The van der Waals surface area contributed by atoms with E-state index in [1.165, 1.54) is 19.2 Å². The van der Waals surface area contributed by atoms with Crippen LogP contribution in [-0.2, 0) is 19.6 Å². The largest absolute Gasteiger partial charge is 0.370 e. The number of hydrogen-bond acceptors (Lipinski definition) is 5.